The summed E-state index contributed by atoms with van der Waals surface area (Å²) in [7, 11) is 0. The van der Waals surface area contributed by atoms with Crippen LogP contribution in [-0.4, -0.2) is 4.98 Å². The van der Waals surface area contributed by atoms with Gasteiger partial charge in [-0.1, -0.05) is 59.6 Å². The first kappa shape index (κ1) is 18.1. The molecule has 0 bridgehead atoms. The minimum Gasteiger partial charge on any atom is -0.489 e. The number of hydrogen-bond donors (Lipinski definition) is 1. The highest BCUT2D eigenvalue weighted by molar-refractivity contribution is 7.13. The number of hydrogen-bond acceptors (Lipinski definition) is 4. The standard InChI is InChI=1S/C21H16Cl2N2OS/c22-18-7-5-14(11-19(18)23)13-26-20-8-6-15-3-1-2-4-16(15)17(20)12-25-21-24-9-10-27-21/h1-11H,12-13H2,(H,24,25). The first-order valence-corrected chi connectivity index (χ1v) is 10.0. The Hall–Kier alpha value is -2.27. The number of nitrogens with zero attached hydrogens (tertiary/aromatic N) is 1. The zero-order chi connectivity index (χ0) is 18.6. The number of nitrogens with one attached hydrogen (secondary N) is 1. The molecule has 0 spiro atoms. The van der Waals surface area contributed by atoms with Crippen LogP contribution in [0.15, 0.2) is 66.2 Å². The van der Waals surface area contributed by atoms with Gasteiger partial charge in [-0.15, -0.1) is 11.3 Å². The van der Waals surface area contributed by atoms with E-state index in [4.69, 9.17) is 27.9 Å². The fourth-order valence-electron chi connectivity index (χ4n) is 2.90. The van der Waals surface area contributed by atoms with Crippen molar-refractivity contribution in [2.24, 2.45) is 0 Å². The molecule has 0 radical (unpaired) electrons. The molecule has 6 heteroatoms. The van der Waals surface area contributed by atoms with Crippen LogP contribution in [0.2, 0.25) is 10.0 Å². The lowest BCUT2D eigenvalue weighted by Gasteiger charge is -2.15. The number of anilines is 1. The molecule has 136 valence electrons. The van der Waals surface area contributed by atoms with E-state index in [9.17, 15) is 0 Å². The Kier molecular flexibility index (Phi) is 5.48. The van der Waals surface area contributed by atoms with E-state index in [1.54, 1.807) is 23.6 Å². The van der Waals surface area contributed by atoms with E-state index in [2.05, 4.69) is 28.5 Å². The van der Waals surface area contributed by atoms with E-state index in [-0.39, 0.29) is 0 Å². The largest absolute Gasteiger partial charge is 0.489 e. The van der Waals surface area contributed by atoms with Crippen molar-refractivity contribution >= 4 is 50.4 Å². The van der Waals surface area contributed by atoms with Crippen LogP contribution in [0, 0.1) is 0 Å². The molecule has 0 fully saturated rings. The summed E-state index contributed by atoms with van der Waals surface area (Å²) in [6.07, 6.45) is 1.79. The van der Waals surface area contributed by atoms with Crippen molar-refractivity contribution in [3.63, 3.8) is 0 Å². The van der Waals surface area contributed by atoms with Gasteiger partial charge in [-0.25, -0.2) is 4.98 Å². The molecule has 0 saturated heterocycles. The van der Waals surface area contributed by atoms with Gasteiger partial charge < -0.3 is 10.1 Å². The van der Waals surface area contributed by atoms with Crippen molar-refractivity contribution in [2.75, 3.05) is 5.32 Å². The van der Waals surface area contributed by atoms with Gasteiger partial charge >= 0.3 is 0 Å². The van der Waals surface area contributed by atoms with Crippen LogP contribution in [0.3, 0.4) is 0 Å². The van der Waals surface area contributed by atoms with Crippen molar-refractivity contribution in [3.05, 3.63) is 87.3 Å². The second-order valence-electron chi connectivity index (χ2n) is 5.99. The van der Waals surface area contributed by atoms with E-state index >= 15 is 0 Å². The van der Waals surface area contributed by atoms with E-state index in [0.717, 1.165) is 27.4 Å². The summed E-state index contributed by atoms with van der Waals surface area (Å²) in [5, 5.41) is 9.62. The lowest BCUT2D eigenvalue weighted by molar-refractivity contribution is 0.304. The van der Waals surface area contributed by atoms with Crippen LogP contribution in [-0.2, 0) is 13.2 Å². The second kappa shape index (κ2) is 8.17. The second-order valence-corrected chi connectivity index (χ2v) is 7.70. The third-order valence-electron chi connectivity index (χ3n) is 4.22. The highest BCUT2D eigenvalue weighted by Crippen LogP contribution is 2.30. The summed E-state index contributed by atoms with van der Waals surface area (Å²) >= 11 is 13.7. The molecule has 0 aliphatic carbocycles. The molecule has 0 atom stereocenters. The van der Waals surface area contributed by atoms with Crippen molar-refractivity contribution in [2.45, 2.75) is 13.2 Å². The fourth-order valence-corrected chi connectivity index (χ4v) is 3.75. The molecule has 0 saturated carbocycles. The molecule has 0 aliphatic rings. The third kappa shape index (κ3) is 4.19. The van der Waals surface area contributed by atoms with Gasteiger partial charge in [-0.2, -0.15) is 0 Å². The highest BCUT2D eigenvalue weighted by atomic mass is 35.5. The molecule has 0 amide bonds. The molecule has 1 N–H and O–H groups in total. The molecule has 1 aromatic heterocycles. The molecule has 3 nitrogen and oxygen atoms in total. The van der Waals surface area contributed by atoms with E-state index in [0.29, 0.717) is 23.2 Å². The van der Waals surface area contributed by atoms with E-state index in [1.165, 1.54) is 5.39 Å². The number of benzene rings is 3. The van der Waals surface area contributed by atoms with Crippen LogP contribution in [0.5, 0.6) is 5.75 Å². The summed E-state index contributed by atoms with van der Waals surface area (Å²) < 4.78 is 6.14. The molecular weight excluding hydrogens is 399 g/mol. The van der Waals surface area contributed by atoms with Gasteiger partial charge in [-0.05, 0) is 34.5 Å². The zero-order valence-corrected chi connectivity index (χ0v) is 16.6. The van der Waals surface area contributed by atoms with Gasteiger partial charge in [0.1, 0.15) is 12.4 Å². The zero-order valence-electron chi connectivity index (χ0n) is 14.3. The number of rotatable bonds is 6. The Morgan fingerprint density at radius 2 is 1.89 bits per heavy atom. The maximum Gasteiger partial charge on any atom is 0.182 e. The maximum absolute atomic E-state index is 6.14. The lowest BCUT2D eigenvalue weighted by atomic mass is 10.0. The monoisotopic (exact) mass is 414 g/mol. The predicted octanol–water partition coefficient (Wildman–Crippen LogP) is 6.79. The Bertz CT molecular complexity index is 1070. The number of thiazole rings is 1. The first-order valence-electron chi connectivity index (χ1n) is 8.41. The quantitative estimate of drug-likeness (QED) is 0.376. The molecule has 4 aromatic rings. The minimum absolute atomic E-state index is 0.416. The molecule has 27 heavy (non-hydrogen) atoms. The number of ether oxygens (including phenoxy) is 1. The van der Waals surface area contributed by atoms with E-state index in [1.807, 2.05) is 35.7 Å². The molecule has 0 aliphatic heterocycles. The summed E-state index contributed by atoms with van der Waals surface area (Å²) in [5.74, 6) is 0.837. The van der Waals surface area contributed by atoms with Gasteiger partial charge in [0.25, 0.3) is 0 Å². The van der Waals surface area contributed by atoms with Crippen molar-refractivity contribution in [3.8, 4) is 5.75 Å². The minimum atomic E-state index is 0.416. The molecule has 1 heterocycles. The molecule has 3 aromatic carbocycles. The van der Waals surface area contributed by atoms with Crippen LogP contribution >= 0.6 is 34.5 Å². The van der Waals surface area contributed by atoms with Crippen LogP contribution in [0.25, 0.3) is 10.8 Å². The third-order valence-corrected chi connectivity index (χ3v) is 5.69. The summed E-state index contributed by atoms with van der Waals surface area (Å²) in [5.41, 5.74) is 2.07. The van der Waals surface area contributed by atoms with Gasteiger partial charge in [0.2, 0.25) is 0 Å². The predicted molar refractivity (Wildman–Crippen MR) is 114 cm³/mol. The van der Waals surface area contributed by atoms with Gasteiger partial charge in [0.05, 0.1) is 10.0 Å². The van der Waals surface area contributed by atoms with Gasteiger partial charge in [0, 0.05) is 23.7 Å². The van der Waals surface area contributed by atoms with E-state index < -0.39 is 0 Å². The number of halogens is 2. The molecule has 4 rings (SSSR count). The SMILES string of the molecule is Clc1ccc(COc2ccc3ccccc3c2CNc2nccs2)cc1Cl. The smallest absolute Gasteiger partial charge is 0.182 e. The van der Waals surface area contributed by atoms with Crippen LogP contribution in [0.4, 0.5) is 5.13 Å². The van der Waals surface area contributed by atoms with Crippen molar-refractivity contribution in [1.29, 1.82) is 0 Å². The van der Waals surface area contributed by atoms with Crippen molar-refractivity contribution in [1.82, 2.24) is 4.98 Å². The maximum atomic E-state index is 6.14. The number of aromatic nitrogens is 1. The summed E-state index contributed by atoms with van der Waals surface area (Å²) in [6.45, 7) is 1.05. The Labute approximate surface area is 171 Å². The van der Waals surface area contributed by atoms with Crippen molar-refractivity contribution < 1.29 is 4.74 Å². The lowest BCUT2D eigenvalue weighted by Crippen LogP contribution is -2.04. The van der Waals surface area contributed by atoms with Crippen LogP contribution in [0.1, 0.15) is 11.1 Å². The normalized spacial score (nSPS) is 10.9. The molecular formula is C21H16Cl2N2OS. The fraction of sp³-hybridized carbons (Fsp3) is 0.0952. The Balaban J connectivity index is 1.62. The number of fused-ring (bicyclic) bond motifs is 1. The van der Waals surface area contributed by atoms with Gasteiger partial charge in [0.15, 0.2) is 5.13 Å². The highest BCUT2D eigenvalue weighted by Gasteiger charge is 2.10. The average Bonchev–Trinajstić information content (AvgIpc) is 3.21. The molecule has 0 unspecified atom stereocenters. The Morgan fingerprint density at radius 1 is 1.00 bits per heavy atom. The average molecular weight is 415 g/mol. The first-order chi connectivity index (χ1) is 13.2. The Morgan fingerprint density at radius 3 is 2.70 bits per heavy atom. The topological polar surface area (TPSA) is 34.1 Å². The van der Waals surface area contributed by atoms with Gasteiger partial charge in [-0.3, -0.25) is 0 Å². The van der Waals surface area contributed by atoms with Crippen LogP contribution < -0.4 is 10.1 Å². The summed E-state index contributed by atoms with van der Waals surface area (Å²) in [4.78, 5) is 4.29. The summed E-state index contributed by atoms with van der Waals surface area (Å²) in [6, 6.07) is 17.9.